The van der Waals surface area contributed by atoms with E-state index in [1.165, 1.54) is 26.2 Å². The van der Waals surface area contributed by atoms with Crippen LogP contribution in [0.2, 0.25) is 0 Å². The maximum absolute atomic E-state index is 3.25. The monoisotopic (exact) mass is 354 g/mol. The zero-order chi connectivity index (χ0) is 16.9. The van der Waals surface area contributed by atoms with Gasteiger partial charge in [0.25, 0.3) is 0 Å². The summed E-state index contributed by atoms with van der Waals surface area (Å²) in [5, 5.41) is 4.93. The summed E-state index contributed by atoms with van der Waals surface area (Å²) in [5.74, 6) is 0. The highest BCUT2D eigenvalue weighted by Crippen LogP contribution is 2.44. The molecule has 124 valence electrons. The van der Waals surface area contributed by atoms with Gasteiger partial charge in [-0.25, -0.2) is 0 Å². The van der Waals surface area contributed by atoms with E-state index in [1.54, 1.807) is 0 Å². The van der Waals surface area contributed by atoms with Crippen molar-refractivity contribution in [2.45, 2.75) is 22.0 Å². The Balaban J connectivity index is 1.64. The molecule has 24 heavy (non-hydrogen) atoms. The molecule has 1 atom stereocenters. The molecular weight excluding hydrogens is 332 g/mol. The van der Waals surface area contributed by atoms with Gasteiger partial charge in [0.1, 0.15) is 0 Å². The zero-order valence-corrected chi connectivity index (χ0v) is 15.8. The maximum atomic E-state index is 3.25. The van der Waals surface area contributed by atoms with Crippen LogP contribution in [0.3, 0.4) is 0 Å². The van der Waals surface area contributed by atoms with E-state index in [1.807, 2.05) is 30.6 Å². The standard InChI is InChI=1S/C20H22N2S2/c1-15(23-18-12-6-4-10-16(18)21-2)9-8-14-20-22(3)17-11-5-7-13-19(17)24-20/h4-15,21H,1-3H3/b9-8+,20-14+. The first-order valence-corrected chi connectivity index (χ1v) is 9.71. The number of anilines is 2. The second-order valence-electron chi connectivity index (χ2n) is 5.59. The minimum atomic E-state index is 0.412. The van der Waals surface area contributed by atoms with Crippen LogP contribution in [0.4, 0.5) is 11.4 Å². The largest absolute Gasteiger partial charge is 0.387 e. The molecule has 4 heteroatoms. The molecule has 2 aromatic carbocycles. The Kier molecular flexibility index (Phi) is 5.59. The Morgan fingerprint density at radius 1 is 1.12 bits per heavy atom. The van der Waals surface area contributed by atoms with Crippen molar-refractivity contribution < 1.29 is 0 Å². The Bertz CT molecular complexity index is 768. The van der Waals surface area contributed by atoms with Gasteiger partial charge in [-0.05, 0) is 37.3 Å². The molecule has 2 aromatic rings. The van der Waals surface area contributed by atoms with Gasteiger partial charge in [-0.15, -0.1) is 11.8 Å². The summed E-state index contributed by atoms with van der Waals surface area (Å²) < 4.78 is 0. The highest BCUT2D eigenvalue weighted by Gasteiger charge is 2.20. The molecule has 0 spiro atoms. The third-order valence-corrected chi connectivity index (χ3v) is 6.18. The number of hydrogen-bond donors (Lipinski definition) is 1. The number of benzene rings is 2. The Hall–Kier alpha value is -1.78. The quantitative estimate of drug-likeness (QED) is 0.677. The molecule has 0 radical (unpaired) electrons. The molecule has 0 saturated carbocycles. The zero-order valence-electron chi connectivity index (χ0n) is 14.2. The molecule has 0 fully saturated rings. The predicted molar refractivity (Wildman–Crippen MR) is 109 cm³/mol. The van der Waals surface area contributed by atoms with Crippen LogP contribution in [0.25, 0.3) is 0 Å². The minimum absolute atomic E-state index is 0.412. The van der Waals surface area contributed by atoms with Crippen molar-refractivity contribution in [3.63, 3.8) is 0 Å². The smallest absolute Gasteiger partial charge is 0.0798 e. The highest BCUT2D eigenvalue weighted by atomic mass is 32.2. The van der Waals surface area contributed by atoms with E-state index < -0.39 is 0 Å². The molecule has 3 rings (SSSR count). The van der Waals surface area contributed by atoms with Crippen LogP contribution in [0, 0.1) is 0 Å². The number of nitrogens with one attached hydrogen (secondary N) is 1. The van der Waals surface area contributed by atoms with Crippen molar-refractivity contribution >= 4 is 34.9 Å². The van der Waals surface area contributed by atoms with E-state index in [-0.39, 0.29) is 0 Å². The van der Waals surface area contributed by atoms with Gasteiger partial charge in [0, 0.05) is 34.8 Å². The predicted octanol–water partition coefficient (Wildman–Crippen LogP) is 5.85. The lowest BCUT2D eigenvalue weighted by Gasteiger charge is -2.13. The maximum Gasteiger partial charge on any atom is 0.0798 e. The first-order chi connectivity index (χ1) is 11.7. The molecular formula is C20H22N2S2. The third-order valence-electron chi connectivity index (χ3n) is 3.86. The fourth-order valence-corrected chi connectivity index (χ4v) is 4.66. The molecule has 0 aromatic heterocycles. The van der Waals surface area contributed by atoms with Crippen LogP contribution in [-0.4, -0.2) is 19.3 Å². The average Bonchev–Trinajstić information content (AvgIpc) is 2.92. The number of fused-ring (bicyclic) bond motifs is 1. The average molecular weight is 355 g/mol. The first-order valence-electron chi connectivity index (χ1n) is 8.01. The van der Waals surface area contributed by atoms with Gasteiger partial charge in [-0.3, -0.25) is 0 Å². The van der Waals surface area contributed by atoms with Gasteiger partial charge in [0.2, 0.25) is 0 Å². The van der Waals surface area contributed by atoms with Crippen LogP contribution >= 0.6 is 23.5 Å². The third kappa shape index (κ3) is 3.82. The number of allylic oxidation sites excluding steroid dienone is 2. The highest BCUT2D eigenvalue weighted by molar-refractivity contribution is 8.03. The molecule has 1 aliphatic rings. The van der Waals surface area contributed by atoms with Crippen molar-refractivity contribution in [2.24, 2.45) is 0 Å². The van der Waals surface area contributed by atoms with Gasteiger partial charge in [-0.1, -0.05) is 48.2 Å². The number of rotatable bonds is 5. The molecule has 1 heterocycles. The van der Waals surface area contributed by atoms with Crippen LogP contribution in [0.1, 0.15) is 6.92 Å². The summed E-state index contributed by atoms with van der Waals surface area (Å²) in [6.07, 6.45) is 6.62. The molecule has 2 nitrogen and oxygen atoms in total. The molecule has 1 aliphatic heterocycles. The van der Waals surface area contributed by atoms with E-state index in [0.717, 1.165) is 0 Å². The minimum Gasteiger partial charge on any atom is -0.387 e. The molecule has 0 amide bonds. The summed E-state index contributed by atoms with van der Waals surface area (Å²) in [5.41, 5.74) is 2.47. The van der Waals surface area contributed by atoms with E-state index in [9.17, 15) is 0 Å². The van der Waals surface area contributed by atoms with Gasteiger partial charge in [-0.2, -0.15) is 0 Å². The van der Waals surface area contributed by atoms with Gasteiger partial charge in [0.05, 0.1) is 10.7 Å². The lowest BCUT2D eigenvalue weighted by atomic mass is 10.3. The first kappa shape index (κ1) is 17.1. The SMILES string of the molecule is CNc1ccccc1SC(C)/C=C/C=C1/Sc2ccccc2N1C. The second-order valence-corrected chi connectivity index (χ2v) is 8.07. The van der Waals surface area contributed by atoms with Crippen molar-refractivity contribution in [3.05, 3.63) is 71.8 Å². The Morgan fingerprint density at radius 2 is 1.88 bits per heavy atom. The summed E-state index contributed by atoms with van der Waals surface area (Å²) in [6.45, 7) is 2.23. The van der Waals surface area contributed by atoms with E-state index in [4.69, 9.17) is 0 Å². The van der Waals surface area contributed by atoms with Crippen molar-refractivity contribution in [3.8, 4) is 0 Å². The molecule has 0 bridgehead atoms. The second kappa shape index (κ2) is 7.86. The van der Waals surface area contributed by atoms with Gasteiger partial charge in [0.15, 0.2) is 0 Å². The van der Waals surface area contributed by atoms with Crippen molar-refractivity contribution in [1.29, 1.82) is 0 Å². The van der Waals surface area contributed by atoms with E-state index in [2.05, 4.69) is 90.9 Å². The summed E-state index contributed by atoms with van der Waals surface area (Å²) in [4.78, 5) is 4.85. The molecule has 0 aliphatic carbocycles. The van der Waals surface area contributed by atoms with Crippen molar-refractivity contribution in [2.75, 3.05) is 24.3 Å². The number of nitrogens with zero attached hydrogens (tertiary/aromatic N) is 1. The van der Waals surface area contributed by atoms with Gasteiger partial charge >= 0.3 is 0 Å². The topological polar surface area (TPSA) is 15.3 Å². The summed E-state index contributed by atoms with van der Waals surface area (Å²) >= 11 is 3.69. The molecule has 1 N–H and O–H groups in total. The lowest BCUT2D eigenvalue weighted by Crippen LogP contribution is -2.08. The lowest BCUT2D eigenvalue weighted by molar-refractivity contribution is 1.17. The van der Waals surface area contributed by atoms with Crippen LogP contribution in [0.15, 0.2) is 81.6 Å². The van der Waals surface area contributed by atoms with Crippen LogP contribution < -0.4 is 10.2 Å². The van der Waals surface area contributed by atoms with Crippen molar-refractivity contribution in [1.82, 2.24) is 0 Å². The fourth-order valence-electron chi connectivity index (χ4n) is 2.58. The van der Waals surface area contributed by atoms with E-state index in [0.29, 0.717) is 5.25 Å². The summed E-state index contributed by atoms with van der Waals surface area (Å²) in [7, 11) is 4.09. The normalized spacial score (nSPS) is 16.6. The summed E-state index contributed by atoms with van der Waals surface area (Å²) in [6, 6.07) is 16.9. The number of thioether (sulfide) groups is 2. The Morgan fingerprint density at radius 3 is 2.67 bits per heavy atom. The van der Waals surface area contributed by atoms with E-state index >= 15 is 0 Å². The fraction of sp³-hybridized carbons (Fsp3) is 0.200. The molecule has 0 saturated heterocycles. The van der Waals surface area contributed by atoms with Crippen LogP contribution in [-0.2, 0) is 0 Å². The van der Waals surface area contributed by atoms with Crippen LogP contribution in [0.5, 0.6) is 0 Å². The number of hydrogen-bond acceptors (Lipinski definition) is 4. The Labute approximate surface area is 153 Å². The van der Waals surface area contributed by atoms with Gasteiger partial charge < -0.3 is 10.2 Å². The molecule has 1 unspecified atom stereocenters. The number of para-hydroxylation sites is 2.